The number of hydrogen-bond donors (Lipinski definition) is 2. The normalized spacial score (nSPS) is 18.2. The number of piperidine rings is 1. The smallest absolute Gasteiger partial charge is 0.226 e. The van der Waals surface area contributed by atoms with E-state index in [2.05, 4.69) is 27.8 Å². The minimum Gasteiger partial charge on any atom is -0.348 e. The lowest BCUT2D eigenvalue weighted by atomic mass is 9.74. The first-order valence-corrected chi connectivity index (χ1v) is 7.00. The van der Waals surface area contributed by atoms with E-state index in [0.29, 0.717) is 6.54 Å². The zero-order valence-electron chi connectivity index (χ0n) is 11.8. The van der Waals surface area contributed by atoms with Gasteiger partial charge in [0.2, 0.25) is 5.91 Å². The molecule has 6 nitrogen and oxygen atoms in total. The van der Waals surface area contributed by atoms with Gasteiger partial charge in [-0.15, -0.1) is 10.2 Å². The Kier molecular flexibility index (Phi) is 4.52. The Morgan fingerprint density at radius 2 is 2.26 bits per heavy atom. The predicted octanol–water partition coefficient (Wildman–Crippen LogP) is 0.601. The van der Waals surface area contributed by atoms with E-state index in [4.69, 9.17) is 0 Å². The molecule has 1 saturated heterocycles. The van der Waals surface area contributed by atoms with E-state index in [0.717, 1.165) is 44.6 Å². The molecule has 6 heteroatoms. The van der Waals surface area contributed by atoms with Crippen LogP contribution in [0.15, 0.2) is 6.33 Å². The first-order chi connectivity index (χ1) is 9.18. The molecule has 0 aromatic carbocycles. The van der Waals surface area contributed by atoms with Crippen LogP contribution in [-0.2, 0) is 18.4 Å². The average Bonchev–Trinajstić information content (AvgIpc) is 2.83. The van der Waals surface area contributed by atoms with Crippen molar-refractivity contribution in [2.75, 3.05) is 13.1 Å². The Labute approximate surface area is 114 Å². The lowest BCUT2D eigenvalue weighted by molar-refractivity contribution is -0.133. The van der Waals surface area contributed by atoms with Gasteiger partial charge in [0.25, 0.3) is 0 Å². The Morgan fingerprint density at radius 1 is 1.53 bits per heavy atom. The zero-order chi connectivity index (χ0) is 13.7. The van der Waals surface area contributed by atoms with Crippen LogP contribution in [-0.4, -0.2) is 33.8 Å². The predicted molar refractivity (Wildman–Crippen MR) is 72.3 cm³/mol. The van der Waals surface area contributed by atoms with Gasteiger partial charge in [-0.1, -0.05) is 13.3 Å². The summed E-state index contributed by atoms with van der Waals surface area (Å²) in [5, 5.41) is 14.2. The highest BCUT2D eigenvalue weighted by Gasteiger charge is 2.38. The summed E-state index contributed by atoms with van der Waals surface area (Å²) < 4.78 is 1.83. The quantitative estimate of drug-likeness (QED) is 0.818. The maximum absolute atomic E-state index is 12.5. The Balaban J connectivity index is 1.97. The van der Waals surface area contributed by atoms with Crippen molar-refractivity contribution in [1.82, 2.24) is 25.4 Å². The number of aryl methyl sites for hydroxylation is 1. The largest absolute Gasteiger partial charge is 0.348 e. The first-order valence-electron chi connectivity index (χ1n) is 7.00. The van der Waals surface area contributed by atoms with Crippen molar-refractivity contribution in [2.24, 2.45) is 12.5 Å². The molecular formula is C13H23N5O. The fourth-order valence-electron chi connectivity index (χ4n) is 2.79. The van der Waals surface area contributed by atoms with Crippen LogP contribution in [0.2, 0.25) is 0 Å². The maximum Gasteiger partial charge on any atom is 0.226 e. The number of aromatic nitrogens is 3. The fraction of sp³-hybridized carbons (Fsp3) is 0.769. The van der Waals surface area contributed by atoms with Crippen molar-refractivity contribution in [3.05, 3.63) is 12.2 Å². The third-order valence-electron chi connectivity index (χ3n) is 3.98. The Bertz CT molecular complexity index is 417. The molecule has 0 radical (unpaired) electrons. The summed E-state index contributed by atoms with van der Waals surface area (Å²) in [5.74, 6) is 0.952. The van der Waals surface area contributed by atoms with Gasteiger partial charge >= 0.3 is 0 Å². The molecule has 2 heterocycles. The van der Waals surface area contributed by atoms with Crippen LogP contribution in [0.4, 0.5) is 0 Å². The van der Waals surface area contributed by atoms with Gasteiger partial charge in [0, 0.05) is 7.05 Å². The van der Waals surface area contributed by atoms with Gasteiger partial charge in [-0.3, -0.25) is 4.79 Å². The molecule has 1 aliphatic rings. The van der Waals surface area contributed by atoms with Crippen molar-refractivity contribution in [2.45, 2.75) is 39.2 Å². The van der Waals surface area contributed by atoms with E-state index in [1.807, 2.05) is 11.6 Å². The molecule has 1 aromatic rings. The summed E-state index contributed by atoms with van der Waals surface area (Å²) in [4.78, 5) is 12.5. The van der Waals surface area contributed by atoms with E-state index >= 15 is 0 Å². The van der Waals surface area contributed by atoms with Gasteiger partial charge in [0.15, 0.2) is 5.82 Å². The molecule has 19 heavy (non-hydrogen) atoms. The number of rotatable bonds is 5. The van der Waals surface area contributed by atoms with E-state index in [-0.39, 0.29) is 11.3 Å². The van der Waals surface area contributed by atoms with Crippen LogP contribution in [0.1, 0.15) is 38.4 Å². The van der Waals surface area contributed by atoms with E-state index in [1.54, 1.807) is 6.33 Å². The van der Waals surface area contributed by atoms with Crippen molar-refractivity contribution >= 4 is 5.91 Å². The highest BCUT2D eigenvalue weighted by Crippen LogP contribution is 2.34. The molecule has 106 valence electrons. The second-order valence-corrected chi connectivity index (χ2v) is 5.32. The topological polar surface area (TPSA) is 71.8 Å². The number of carbonyl (C=O) groups is 1. The molecule has 1 aliphatic heterocycles. The molecule has 2 rings (SSSR count). The molecular weight excluding hydrogens is 242 g/mol. The molecule has 0 unspecified atom stereocenters. The lowest BCUT2D eigenvalue weighted by Crippen LogP contribution is -2.47. The summed E-state index contributed by atoms with van der Waals surface area (Å²) in [5.41, 5.74) is -0.196. The molecule has 0 spiro atoms. The fourth-order valence-corrected chi connectivity index (χ4v) is 2.79. The van der Waals surface area contributed by atoms with E-state index in [9.17, 15) is 4.79 Å². The standard InChI is InChI=1S/C13H23N5O/c1-3-4-13(5-7-14-8-6-13)12(19)15-9-11-17-16-10-18(11)2/h10,14H,3-9H2,1-2H3,(H,15,19). The highest BCUT2D eigenvalue weighted by atomic mass is 16.2. The molecule has 0 atom stereocenters. The van der Waals surface area contributed by atoms with Crippen LogP contribution in [0.25, 0.3) is 0 Å². The Hall–Kier alpha value is -1.43. The summed E-state index contributed by atoms with van der Waals surface area (Å²) in [6, 6.07) is 0. The summed E-state index contributed by atoms with van der Waals surface area (Å²) in [6.45, 7) is 4.45. The number of hydrogen-bond acceptors (Lipinski definition) is 4. The molecule has 1 aromatic heterocycles. The monoisotopic (exact) mass is 265 g/mol. The number of nitrogens with one attached hydrogen (secondary N) is 2. The number of amides is 1. The molecule has 1 amide bonds. The van der Waals surface area contributed by atoms with Gasteiger partial charge in [0.05, 0.1) is 12.0 Å². The van der Waals surface area contributed by atoms with Crippen LogP contribution in [0.3, 0.4) is 0 Å². The van der Waals surface area contributed by atoms with Gasteiger partial charge in [-0.05, 0) is 32.4 Å². The maximum atomic E-state index is 12.5. The molecule has 2 N–H and O–H groups in total. The second kappa shape index (κ2) is 6.14. The summed E-state index contributed by atoms with van der Waals surface area (Å²) >= 11 is 0. The Morgan fingerprint density at radius 3 is 2.84 bits per heavy atom. The van der Waals surface area contributed by atoms with Crippen molar-refractivity contribution in [3.8, 4) is 0 Å². The van der Waals surface area contributed by atoms with E-state index < -0.39 is 0 Å². The van der Waals surface area contributed by atoms with Crippen LogP contribution in [0, 0.1) is 5.41 Å². The van der Waals surface area contributed by atoms with Crippen LogP contribution < -0.4 is 10.6 Å². The SMILES string of the molecule is CCCC1(C(=O)NCc2nncn2C)CCNCC1. The molecule has 0 aliphatic carbocycles. The minimum absolute atomic E-state index is 0.166. The third-order valence-corrected chi connectivity index (χ3v) is 3.98. The molecule has 0 bridgehead atoms. The van der Waals surface area contributed by atoms with Gasteiger partial charge in [-0.25, -0.2) is 0 Å². The van der Waals surface area contributed by atoms with Gasteiger partial charge < -0.3 is 15.2 Å². The summed E-state index contributed by atoms with van der Waals surface area (Å²) in [6.07, 6.45) is 5.49. The first kappa shape index (κ1) is 14.0. The van der Waals surface area contributed by atoms with Crippen LogP contribution in [0.5, 0.6) is 0 Å². The molecule has 0 saturated carbocycles. The van der Waals surface area contributed by atoms with Gasteiger partial charge in [-0.2, -0.15) is 0 Å². The van der Waals surface area contributed by atoms with Crippen molar-refractivity contribution < 1.29 is 4.79 Å². The lowest BCUT2D eigenvalue weighted by Gasteiger charge is -2.36. The average molecular weight is 265 g/mol. The highest BCUT2D eigenvalue weighted by molar-refractivity contribution is 5.82. The number of nitrogens with zero attached hydrogens (tertiary/aromatic N) is 3. The summed E-state index contributed by atoms with van der Waals surface area (Å²) in [7, 11) is 1.88. The van der Waals surface area contributed by atoms with Gasteiger partial charge in [0.1, 0.15) is 6.33 Å². The van der Waals surface area contributed by atoms with E-state index in [1.165, 1.54) is 0 Å². The number of carbonyl (C=O) groups excluding carboxylic acids is 1. The third kappa shape index (κ3) is 3.12. The molecule has 1 fully saturated rings. The van der Waals surface area contributed by atoms with Crippen molar-refractivity contribution in [1.29, 1.82) is 0 Å². The second-order valence-electron chi connectivity index (χ2n) is 5.32. The zero-order valence-corrected chi connectivity index (χ0v) is 11.8. The van der Waals surface area contributed by atoms with Crippen LogP contribution >= 0.6 is 0 Å². The minimum atomic E-state index is -0.196. The van der Waals surface area contributed by atoms with Crippen molar-refractivity contribution in [3.63, 3.8) is 0 Å².